The topological polar surface area (TPSA) is 9.23 Å². The van der Waals surface area contributed by atoms with Gasteiger partial charge in [-0.05, 0) is 42.4 Å². The molecule has 0 N–H and O–H groups in total. The lowest BCUT2D eigenvalue weighted by Gasteiger charge is -2.14. The van der Waals surface area contributed by atoms with E-state index in [0.717, 1.165) is 12.2 Å². The van der Waals surface area contributed by atoms with E-state index >= 15 is 0 Å². The number of hydrogen-bond acceptors (Lipinski definition) is 1. The summed E-state index contributed by atoms with van der Waals surface area (Å²) in [6, 6.07) is 6.66. The van der Waals surface area contributed by atoms with Gasteiger partial charge in [0.2, 0.25) is 0 Å². The van der Waals surface area contributed by atoms with Crippen LogP contribution in [0.4, 0.5) is 0 Å². The third-order valence-electron chi connectivity index (χ3n) is 2.93. The molecule has 1 fully saturated rings. The van der Waals surface area contributed by atoms with Gasteiger partial charge in [-0.25, -0.2) is 0 Å². The maximum absolute atomic E-state index is 5.96. The molecule has 0 saturated heterocycles. The fourth-order valence-corrected chi connectivity index (χ4v) is 1.74. The number of benzene rings is 1. The molecule has 82 valence electrons. The monoisotopic (exact) mass is 204 g/mol. The van der Waals surface area contributed by atoms with E-state index in [-0.39, 0.29) is 0 Å². The van der Waals surface area contributed by atoms with E-state index in [4.69, 9.17) is 4.74 Å². The molecule has 1 heteroatoms. The normalized spacial score (nSPS) is 15.7. The highest BCUT2D eigenvalue weighted by atomic mass is 16.5. The van der Waals surface area contributed by atoms with E-state index in [0.29, 0.717) is 12.0 Å². The number of aryl methyl sites for hydroxylation is 1. The second-order valence-corrected chi connectivity index (χ2v) is 4.70. The number of ether oxygens (including phenoxy) is 1. The minimum Gasteiger partial charge on any atom is -0.490 e. The Hall–Kier alpha value is -0.980. The first-order valence-corrected chi connectivity index (χ1v) is 6.00. The average Bonchev–Trinajstić information content (AvgIpc) is 3.01. The predicted octanol–water partition coefficient (Wildman–Crippen LogP) is 3.91. The second-order valence-electron chi connectivity index (χ2n) is 4.70. The molecule has 0 spiro atoms. The SMILES string of the molecule is CCc1ccc(C(C)C)c(OC2CC2)c1. The molecule has 0 amide bonds. The molecule has 1 aliphatic rings. The molecule has 0 atom stereocenters. The second kappa shape index (κ2) is 4.26. The zero-order chi connectivity index (χ0) is 10.8. The van der Waals surface area contributed by atoms with Crippen LogP contribution in [-0.4, -0.2) is 6.10 Å². The van der Waals surface area contributed by atoms with E-state index in [9.17, 15) is 0 Å². The maximum Gasteiger partial charge on any atom is 0.123 e. The first-order chi connectivity index (χ1) is 7.20. The Balaban J connectivity index is 2.26. The van der Waals surface area contributed by atoms with E-state index in [1.54, 1.807) is 0 Å². The van der Waals surface area contributed by atoms with Crippen LogP contribution in [0.25, 0.3) is 0 Å². The molecule has 0 bridgehead atoms. The summed E-state index contributed by atoms with van der Waals surface area (Å²) < 4.78 is 5.96. The molecule has 2 rings (SSSR count). The maximum atomic E-state index is 5.96. The zero-order valence-electron chi connectivity index (χ0n) is 9.92. The van der Waals surface area contributed by atoms with Gasteiger partial charge >= 0.3 is 0 Å². The van der Waals surface area contributed by atoms with Crippen LogP contribution in [0.15, 0.2) is 18.2 Å². The Kier molecular flexibility index (Phi) is 2.99. The van der Waals surface area contributed by atoms with Crippen molar-refractivity contribution in [1.29, 1.82) is 0 Å². The van der Waals surface area contributed by atoms with Gasteiger partial charge in [-0.3, -0.25) is 0 Å². The molecule has 1 aromatic rings. The average molecular weight is 204 g/mol. The molecule has 15 heavy (non-hydrogen) atoms. The Morgan fingerprint density at radius 3 is 2.60 bits per heavy atom. The van der Waals surface area contributed by atoms with Crippen LogP contribution in [0.3, 0.4) is 0 Å². The van der Waals surface area contributed by atoms with Gasteiger partial charge in [0.05, 0.1) is 6.10 Å². The Labute approximate surface area is 92.5 Å². The van der Waals surface area contributed by atoms with Crippen molar-refractivity contribution in [3.63, 3.8) is 0 Å². The van der Waals surface area contributed by atoms with Crippen molar-refractivity contribution in [2.24, 2.45) is 0 Å². The number of hydrogen-bond donors (Lipinski definition) is 0. The highest BCUT2D eigenvalue weighted by molar-refractivity contribution is 5.40. The lowest BCUT2D eigenvalue weighted by atomic mass is 9.99. The summed E-state index contributed by atoms with van der Waals surface area (Å²) >= 11 is 0. The highest BCUT2D eigenvalue weighted by Gasteiger charge is 2.24. The van der Waals surface area contributed by atoms with Crippen LogP contribution >= 0.6 is 0 Å². The summed E-state index contributed by atoms with van der Waals surface area (Å²) in [5.74, 6) is 1.66. The molecular formula is C14H20O. The Morgan fingerprint density at radius 1 is 1.33 bits per heavy atom. The fraction of sp³-hybridized carbons (Fsp3) is 0.571. The van der Waals surface area contributed by atoms with Crippen LogP contribution < -0.4 is 4.74 Å². The minimum absolute atomic E-state index is 0.495. The smallest absolute Gasteiger partial charge is 0.123 e. The van der Waals surface area contributed by atoms with Crippen molar-refractivity contribution in [2.45, 2.75) is 52.1 Å². The zero-order valence-corrected chi connectivity index (χ0v) is 9.92. The van der Waals surface area contributed by atoms with Crippen LogP contribution in [0.5, 0.6) is 5.75 Å². The molecule has 1 aliphatic carbocycles. The van der Waals surface area contributed by atoms with Gasteiger partial charge in [0, 0.05) is 0 Å². The van der Waals surface area contributed by atoms with Crippen LogP contribution in [-0.2, 0) is 6.42 Å². The standard InChI is InChI=1S/C14H20O/c1-4-11-5-8-13(10(2)3)14(9-11)15-12-6-7-12/h5,8-10,12H,4,6-7H2,1-3H3. The summed E-state index contributed by atoms with van der Waals surface area (Å²) in [6.07, 6.45) is 4.04. The molecule has 0 unspecified atom stereocenters. The van der Waals surface area contributed by atoms with Gasteiger partial charge in [-0.2, -0.15) is 0 Å². The predicted molar refractivity (Wildman–Crippen MR) is 63.6 cm³/mol. The molecule has 1 aromatic carbocycles. The highest BCUT2D eigenvalue weighted by Crippen LogP contribution is 2.33. The summed E-state index contributed by atoms with van der Waals surface area (Å²) in [4.78, 5) is 0. The Bertz CT molecular complexity index is 337. The van der Waals surface area contributed by atoms with Gasteiger partial charge in [0.25, 0.3) is 0 Å². The number of rotatable bonds is 4. The molecule has 1 nitrogen and oxygen atoms in total. The summed E-state index contributed by atoms with van der Waals surface area (Å²) in [5.41, 5.74) is 2.72. The van der Waals surface area contributed by atoms with Crippen molar-refractivity contribution >= 4 is 0 Å². The summed E-state index contributed by atoms with van der Waals surface area (Å²) in [5, 5.41) is 0. The first kappa shape index (κ1) is 10.5. The molecule has 0 radical (unpaired) electrons. The quantitative estimate of drug-likeness (QED) is 0.722. The van der Waals surface area contributed by atoms with E-state index in [2.05, 4.69) is 39.0 Å². The van der Waals surface area contributed by atoms with Crippen molar-refractivity contribution < 1.29 is 4.74 Å². The lowest BCUT2D eigenvalue weighted by Crippen LogP contribution is -2.01. The molecular weight excluding hydrogens is 184 g/mol. The van der Waals surface area contributed by atoms with E-state index < -0.39 is 0 Å². The molecule has 0 aliphatic heterocycles. The fourth-order valence-electron chi connectivity index (χ4n) is 1.74. The van der Waals surface area contributed by atoms with Gasteiger partial charge < -0.3 is 4.74 Å². The van der Waals surface area contributed by atoms with Gasteiger partial charge in [-0.1, -0.05) is 32.9 Å². The lowest BCUT2D eigenvalue weighted by molar-refractivity contribution is 0.298. The van der Waals surface area contributed by atoms with Crippen LogP contribution in [0.2, 0.25) is 0 Å². The van der Waals surface area contributed by atoms with Crippen molar-refractivity contribution in [3.05, 3.63) is 29.3 Å². The molecule has 1 saturated carbocycles. The first-order valence-electron chi connectivity index (χ1n) is 6.00. The molecule has 0 heterocycles. The largest absolute Gasteiger partial charge is 0.490 e. The minimum atomic E-state index is 0.495. The summed E-state index contributed by atoms with van der Waals surface area (Å²) in [7, 11) is 0. The van der Waals surface area contributed by atoms with Crippen LogP contribution in [0, 0.1) is 0 Å². The van der Waals surface area contributed by atoms with E-state index in [1.165, 1.54) is 24.0 Å². The van der Waals surface area contributed by atoms with E-state index in [1.807, 2.05) is 0 Å². The van der Waals surface area contributed by atoms with Crippen LogP contribution in [0.1, 0.15) is 50.7 Å². The van der Waals surface area contributed by atoms with Gasteiger partial charge in [-0.15, -0.1) is 0 Å². The molecule has 0 aromatic heterocycles. The Morgan fingerprint density at radius 2 is 2.07 bits per heavy atom. The van der Waals surface area contributed by atoms with Gasteiger partial charge in [0.1, 0.15) is 5.75 Å². The summed E-state index contributed by atoms with van der Waals surface area (Å²) in [6.45, 7) is 6.63. The third-order valence-corrected chi connectivity index (χ3v) is 2.93. The van der Waals surface area contributed by atoms with Gasteiger partial charge in [0.15, 0.2) is 0 Å². The third kappa shape index (κ3) is 2.53. The van der Waals surface area contributed by atoms with Crippen molar-refractivity contribution in [3.8, 4) is 5.75 Å². The van der Waals surface area contributed by atoms with Crippen molar-refractivity contribution in [1.82, 2.24) is 0 Å². The van der Waals surface area contributed by atoms with Crippen molar-refractivity contribution in [2.75, 3.05) is 0 Å².